The van der Waals surface area contributed by atoms with Crippen LogP contribution in [0.5, 0.6) is 0 Å². The molecule has 2 aliphatic rings. The summed E-state index contributed by atoms with van der Waals surface area (Å²) >= 11 is 6.03. The molecule has 2 heterocycles. The molecule has 206 valence electrons. The van der Waals surface area contributed by atoms with Gasteiger partial charge in [0.15, 0.2) is 0 Å². The molecule has 0 radical (unpaired) electrons. The van der Waals surface area contributed by atoms with Crippen LogP contribution in [0.1, 0.15) is 66.9 Å². The van der Waals surface area contributed by atoms with Crippen molar-refractivity contribution in [2.75, 3.05) is 26.2 Å². The second-order valence-electron chi connectivity index (χ2n) is 12.3. The molecule has 4 atom stereocenters. The zero-order valence-electron chi connectivity index (χ0n) is 23.1. The smallest absolute Gasteiger partial charge is 0.410 e. The quantitative estimate of drug-likeness (QED) is 0.589. The molecular weight excluding hydrogens is 494 g/mol. The molecule has 1 aromatic carbocycles. The predicted octanol–water partition coefficient (Wildman–Crippen LogP) is 4.18. The Kier molecular flexibility index (Phi) is 8.54. The largest absolute Gasteiger partial charge is 0.444 e. The fourth-order valence-corrected chi connectivity index (χ4v) is 5.33. The summed E-state index contributed by atoms with van der Waals surface area (Å²) in [6.07, 6.45) is 0.554. The highest BCUT2D eigenvalue weighted by molar-refractivity contribution is 6.30. The van der Waals surface area contributed by atoms with E-state index in [9.17, 15) is 19.5 Å². The number of hydrogen-bond donors (Lipinski definition) is 2. The number of halogens is 1. The number of piperidine rings is 1. The normalized spacial score (nSPS) is 25.4. The third-order valence-electron chi connectivity index (χ3n) is 7.80. The second-order valence-corrected chi connectivity index (χ2v) is 12.7. The molecule has 3 rings (SSSR count). The first-order chi connectivity index (χ1) is 17.0. The Balaban J connectivity index is 1.56. The Labute approximate surface area is 225 Å². The molecule has 2 aliphatic heterocycles. The van der Waals surface area contributed by atoms with Crippen molar-refractivity contribution in [1.82, 2.24) is 15.1 Å². The van der Waals surface area contributed by atoms with Gasteiger partial charge >= 0.3 is 6.09 Å². The fourth-order valence-electron chi connectivity index (χ4n) is 5.21. The molecule has 8 nitrogen and oxygen atoms in total. The van der Waals surface area contributed by atoms with Crippen molar-refractivity contribution in [2.45, 2.75) is 78.6 Å². The van der Waals surface area contributed by atoms with E-state index in [-0.39, 0.29) is 23.8 Å². The van der Waals surface area contributed by atoms with E-state index in [1.54, 1.807) is 21.9 Å². The second kappa shape index (κ2) is 10.8. The van der Waals surface area contributed by atoms with E-state index in [1.807, 2.05) is 60.6 Å². The van der Waals surface area contributed by atoms with E-state index in [0.29, 0.717) is 44.0 Å². The van der Waals surface area contributed by atoms with Crippen molar-refractivity contribution in [3.8, 4) is 0 Å². The molecule has 0 aliphatic carbocycles. The molecule has 2 N–H and O–H groups in total. The zero-order chi connectivity index (χ0) is 27.8. The highest BCUT2D eigenvalue weighted by Gasteiger charge is 2.50. The van der Waals surface area contributed by atoms with Crippen LogP contribution in [0.15, 0.2) is 24.3 Å². The van der Waals surface area contributed by atoms with Crippen LogP contribution in [-0.4, -0.2) is 70.6 Å². The van der Waals surface area contributed by atoms with Gasteiger partial charge in [-0.3, -0.25) is 9.59 Å². The standard InChI is InChI=1S/C28H42ClN3O5/c1-18(19(2)30-23(33)20-12-14-31(16-20)25(35)37-26(3,4)5)24(34)32-15-13-28(36,27(6,7)17-32)21-8-10-22(29)11-9-21/h8-11,18-20,36H,12-17H2,1-7H3,(H,30,33)/t18-,19?,20?,28+/m1/s1. The first kappa shape index (κ1) is 29.2. The minimum Gasteiger partial charge on any atom is -0.444 e. The average molecular weight is 536 g/mol. The molecule has 1 aromatic rings. The molecule has 0 spiro atoms. The van der Waals surface area contributed by atoms with E-state index in [0.717, 1.165) is 5.56 Å². The predicted molar refractivity (Wildman–Crippen MR) is 143 cm³/mol. The van der Waals surface area contributed by atoms with Crippen molar-refractivity contribution in [3.05, 3.63) is 34.9 Å². The molecule has 9 heteroatoms. The molecule has 0 aromatic heterocycles. The Morgan fingerprint density at radius 2 is 1.73 bits per heavy atom. The minimum absolute atomic E-state index is 0.0548. The van der Waals surface area contributed by atoms with Gasteiger partial charge in [-0.2, -0.15) is 0 Å². The van der Waals surface area contributed by atoms with Crippen LogP contribution in [0.2, 0.25) is 5.02 Å². The average Bonchev–Trinajstić information content (AvgIpc) is 3.30. The zero-order valence-corrected chi connectivity index (χ0v) is 23.9. The van der Waals surface area contributed by atoms with Crippen LogP contribution in [0, 0.1) is 17.3 Å². The topological polar surface area (TPSA) is 99.2 Å². The summed E-state index contributed by atoms with van der Waals surface area (Å²) in [5, 5.41) is 15.2. The van der Waals surface area contributed by atoms with E-state index < -0.39 is 28.6 Å². The number of nitrogens with one attached hydrogen (secondary N) is 1. The van der Waals surface area contributed by atoms with Gasteiger partial charge in [-0.25, -0.2) is 4.79 Å². The van der Waals surface area contributed by atoms with Gasteiger partial charge < -0.3 is 25.0 Å². The van der Waals surface area contributed by atoms with Gasteiger partial charge in [0.25, 0.3) is 0 Å². The van der Waals surface area contributed by atoms with Gasteiger partial charge in [-0.1, -0.05) is 44.5 Å². The van der Waals surface area contributed by atoms with Gasteiger partial charge in [-0.05, 0) is 58.2 Å². The highest BCUT2D eigenvalue weighted by Crippen LogP contribution is 2.46. The fraction of sp³-hybridized carbons (Fsp3) is 0.679. The van der Waals surface area contributed by atoms with Crippen molar-refractivity contribution < 1.29 is 24.2 Å². The Bertz CT molecular complexity index is 1010. The summed E-state index contributed by atoms with van der Waals surface area (Å²) in [6.45, 7) is 14.6. The molecule has 37 heavy (non-hydrogen) atoms. The summed E-state index contributed by atoms with van der Waals surface area (Å²) in [5.74, 6) is -0.986. The monoisotopic (exact) mass is 535 g/mol. The van der Waals surface area contributed by atoms with Crippen LogP contribution < -0.4 is 5.32 Å². The van der Waals surface area contributed by atoms with Crippen LogP contribution >= 0.6 is 11.6 Å². The Hall–Kier alpha value is -2.32. The number of aliphatic hydroxyl groups is 1. The van der Waals surface area contributed by atoms with Gasteiger partial charge in [0, 0.05) is 42.7 Å². The maximum Gasteiger partial charge on any atom is 0.410 e. The number of amides is 3. The van der Waals surface area contributed by atoms with Crippen LogP contribution in [0.4, 0.5) is 4.79 Å². The molecule has 3 amide bonds. The summed E-state index contributed by atoms with van der Waals surface area (Å²) in [5.41, 5.74) is -1.47. The van der Waals surface area contributed by atoms with Gasteiger partial charge in [0.2, 0.25) is 11.8 Å². The number of ether oxygens (including phenoxy) is 1. The molecule has 0 saturated carbocycles. The first-order valence-corrected chi connectivity index (χ1v) is 13.5. The highest BCUT2D eigenvalue weighted by atomic mass is 35.5. The van der Waals surface area contributed by atoms with E-state index in [1.165, 1.54) is 0 Å². The van der Waals surface area contributed by atoms with E-state index in [2.05, 4.69) is 5.32 Å². The van der Waals surface area contributed by atoms with E-state index in [4.69, 9.17) is 16.3 Å². The number of nitrogens with zero attached hydrogens (tertiary/aromatic N) is 2. The van der Waals surface area contributed by atoms with Gasteiger partial charge in [-0.15, -0.1) is 0 Å². The lowest BCUT2D eigenvalue weighted by atomic mass is 9.66. The lowest BCUT2D eigenvalue weighted by Crippen LogP contribution is -2.58. The first-order valence-electron chi connectivity index (χ1n) is 13.1. The van der Waals surface area contributed by atoms with Crippen LogP contribution in [0.25, 0.3) is 0 Å². The number of benzene rings is 1. The summed E-state index contributed by atoms with van der Waals surface area (Å²) in [6, 6.07) is 6.84. The summed E-state index contributed by atoms with van der Waals surface area (Å²) < 4.78 is 5.41. The number of rotatable bonds is 5. The maximum absolute atomic E-state index is 13.4. The number of hydrogen-bond acceptors (Lipinski definition) is 5. The third kappa shape index (κ3) is 6.58. The third-order valence-corrected chi connectivity index (χ3v) is 8.05. The number of likely N-dealkylation sites (tertiary alicyclic amines) is 2. The van der Waals surface area contributed by atoms with Crippen molar-refractivity contribution >= 4 is 29.5 Å². The number of carbonyl (C=O) groups excluding carboxylic acids is 3. The minimum atomic E-state index is -1.08. The molecular formula is C28H42ClN3O5. The SMILES string of the molecule is CC(NC(=O)C1CCN(C(=O)OC(C)(C)C)C1)[C@@H](C)C(=O)N1CC[C@](O)(c2ccc(Cl)cc2)C(C)(C)C1. The summed E-state index contributed by atoms with van der Waals surface area (Å²) in [4.78, 5) is 42.0. The van der Waals surface area contributed by atoms with Gasteiger partial charge in [0.05, 0.1) is 17.4 Å². The van der Waals surface area contributed by atoms with Gasteiger partial charge in [0.1, 0.15) is 5.60 Å². The lowest BCUT2D eigenvalue weighted by Gasteiger charge is -2.51. The number of carbonyl (C=O) groups is 3. The Morgan fingerprint density at radius 1 is 1.11 bits per heavy atom. The van der Waals surface area contributed by atoms with Crippen molar-refractivity contribution in [2.24, 2.45) is 17.3 Å². The molecule has 2 saturated heterocycles. The lowest BCUT2D eigenvalue weighted by molar-refractivity contribution is -0.156. The maximum atomic E-state index is 13.4. The molecule has 0 bridgehead atoms. The van der Waals surface area contributed by atoms with Crippen molar-refractivity contribution in [3.63, 3.8) is 0 Å². The van der Waals surface area contributed by atoms with E-state index >= 15 is 0 Å². The summed E-state index contributed by atoms with van der Waals surface area (Å²) in [7, 11) is 0. The van der Waals surface area contributed by atoms with Crippen molar-refractivity contribution in [1.29, 1.82) is 0 Å². The molecule has 2 fully saturated rings. The van der Waals surface area contributed by atoms with Crippen LogP contribution in [0.3, 0.4) is 0 Å². The Morgan fingerprint density at radius 3 is 2.30 bits per heavy atom. The van der Waals surface area contributed by atoms with Crippen LogP contribution in [-0.2, 0) is 19.9 Å². The molecule has 2 unspecified atom stereocenters.